The summed E-state index contributed by atoms with van der Waals surface area (Å²) in [5.74, 6) is 0.378. The molecule has 0 spiro atoms. The molecule has 0 saturated carbocycles. The van der Waals surface area contributed by atoms with Gasteiger partial charge in [-0.1, -0.05) is 0 Å². The van der Waals surface area contributed by atoms with Crippen molar-refractivity contribution in [1.29, 1.82) is 0 Å². The minimum absolute atomic E-state index is 0.378. The molecule has 0 aliphatic heterocycles. The standard InChI is InChI=1S/C11H15NO/c1-12-10-6-8-4-2-3-5-9(8)7-11(10)13/h6-7,12-13H,2-5H2,1H3. The van der Waals surface area contributed by atoms with Crippen molar-refractivity contribution in [2.45, 2.75) is 25.7 Å². The fourth-order valence-electron chi connectivity index (χ4n) is 1.97. The van der Waals surface area contributed by atoms with Gasteiger partial charge in [0, 0.05) is 7.05 Å². The van der Waals surface area contributed by atoms with Gasteiger partial charge in [0.2, 0.25) is 0 Å². The lowest BCUT2D eigenvalue weighted by Crippen LogP contribution is -2.03. The van der Waals surface area contributed by atoms with E-state index in [1.165, 1.54) is 24.0 Å². The largest absolute Gasteiger partial charge is 0.506 e. The Morgan fingerprint density at radius 3 is 2.38 bits per heavy atom. The Bertz CT molecular complexity index is 320. The summed E-state index contributed by atoms with van der Waals surface area (Å²) >= 11 is 0. The predicted molar refractivity (Wildman–Crippen MR) is 54.3 cm³/mol. The predicted octanol–water partition coefficient (Wildman–Crippen LogP) is 2.31. The highest BCUT2D eigenvalue weighted by Gasteiger charge is 2.11. The number of fused-ring (bicyclic) bond motifs is 1. The third-order valence-electron chi connectivity index (χ3n) is 2.73. The minimum atomic E-state index is 0.378. The van der Waals surface area contributed by atoms with Crippen molar-refractivity contribution in [3.05, 3.63) is 23.3 Å². The molecule has 0 heterocycles. The number of anilines is 1. The van der Waals surface area contributed by atoms with Crippen LogP contribution in [0.3, 0.4) is 0 Å². The number of phenols is 1. The highest BCUT2D eigenvalue weighted by Crippen LogP contribution is 2.31. The van der Waals surface area contributed by atoms with Crippen LogP contribution in [-0.2, 0) is 12.8 Å². The number of aryl methyl sites for hydroxylation is 2. The zero-order chi connectivity index (χ0) is 9.26. The first kappa shape index (κ1) is 8.42. The Hall–Kier alpha value is -1.18. The molecular weight excluding hydrogens is 162 g/mol. The first-order valence-electron chi connectivity index (χ1n) is 4.84. The van der Waals surface area contributed by atoms with Gasteiger partial charge in [0.15, 0.2) is 0 Å². The van der Waals surface area contributed by atoms with Gasteiger partial charge in [-0.3, -0.25) is 0 Å². The average Bonchev–Trinajstić information content (AvgIpc) is 2.17. The Kier molecular flexibility index (Phi) is 2.13. The molecule has 1 aromatic rings. The number of hydrogen-bond acceptors (Lipinski definition) is 2. The van der Waals surface area contributed by atoms with E-state index in [1.807, 2.05) is 13.1 Å². The van der Waals surface area contributed by atoms with E-state index in [1.54, 1.807) is 0 Å². The van der Waals surface area contributed by atoms with Crippen LogP contribution in [0.5, 0.6) is 5.75 Å². The molecule has 0 bridgehead atoms. The smallest absolute Gasteiger partial charge is 0.138 e. The van der Waals surface area contributed by atoms with Crippen molar-refractivity contribution in [3.63, 3.8) is 0 Å². The van der Waals surface area contributed by atoms with Gasteiger partial charge in [0.05, 0.1) is 5.69 Å². The van der Waals surface area contributed by atoms with Crippen molar-refractivity contribution in [2.24, 2.45) is 0 Å². The molecule has 0 unspecified atom stereocenters. The third-order valence-corrected chi connectivity index (χ3v) is 2.73. The van der Waals surface area contributed by atoms with E-state index in [0.29, 0.717) is 5.75 Å². The average molecular weight is 177 g/mol. The molecule has 1 aliphatic carbocycles. The van der Waals surface area contributed by atoms with Crippen molar-refractivity contribution in [2.75, 3.05) is 12.4 Å². The molecule has 0 saturated heterocycles. The summed E-state index contributed by atoms with van der Waals surface area (Å²) in [7, 11) is 1.84. The van der Waals surface area contributed by atoms with Crippen LogP contribution in [0.25, 0.3) is 0 Å². The quantitative estimate of drug-likeness (QED) is 0.645. The highest BCUT2D eigenvalue weighted by molar-refractivity contribution is 5.59. The SMILES string of the molecule is CNc1cc2c(cc1O)CCCC2. The van der Waals surface area contributed by atoms with Crippen LogP contribution in [0.15, 0.2) is 12.1 Å². The van der Waals surface area contributed by atoms with Crippen LogP contribution in [-0.4, -0.2) is 12.2 Å². The number of rotatable bonds is 1. The van der Waals surface area contributed by atoms with E-state index >= 15 is 0 Å². The Morgan fingerprint density at radius 2 is 1.77 bits per heavy atom. The second-order valence-corrected chi connectivity index (χ2v) is 3.60. The lowest BCUT2D eigenvalue weighted by molar-refractivity contribution is 0.475. The topological polar surface area (TPSA) is 32.3 Å². The fourth-order valence-corrected chi connectivity index (χ4v) is 1.97. The summed E-state index contributed by atoms with van der Waals surface area (Å²) in [5, 5.41) is 12.6. The lowest BCUT2D eigenvalue weighted by Gasteiger charge is -2.17. The number of nitrogens with one attached hydrogen (secondary N) is 1. The molecule has 1 aliphatic rings. The molecule has 0 radical (unpaired) electrons. The first-order chi connectivity index (χ1) is 6.31. The number of phenolic OH excluding ortho intramolecular Hbond substituents is 1. The molecule has 0 atom stereocenters. The van der Waals surface area contributed by atoms with Crippen LogP contribution in [0.2, 0.25) is 0 Å². The van der Waals surface area contributed by atoms with Gasteiger partial charge in [-0.05, 0) is 48.9 Å². The first-order valence-corrected chi connectivity index (χ1v) is 4.84. The molecule has 0 fully saturated rings. The van der Waals surface area contributed by atoms with Crippen molar-refractivity contribution in [1.82, 2.24) is 0 Å². The molecule has 2 nitrogen and oxygen atoms in total. The summed E-state index contributed by atoms with van der Waals surface area (Å²) in [4.78, 5) is 0. The molecule has 0 amide bonds. The van der Waals surface area contributed by atoms with E-state index in [2.05, 4.69) is 11.4 Å². The third kappa shape index (κ3) is 1.48. The van der Waals surface area contributed by atoms with Gasteiger partial charge >= 0.3 is 0 Å². The van der Waals surface area contributed by atoms with Crippen LogP contribution >= 0.6 is 0 Å². The zero-order valence-electron chi connectivity index (χ0n) is 7.93. The van der Waals surface area contributed by atoms with E-state index in [-0.39, 0.29) is 0 Å². The van der Waals surface area contributed by atoms with Gasteiger partial charge in [-0.25, -0.2) is 0 Å². The highest BCUT2D eigenvalue weighted by atomic mass is 16.3. The van der Waals surface area contributed by atoms with Crippen LogP contribution in [0.1, 0.15) is 24.0 Å². The van der Waals surface area contributed by atoms with E-state index in [9.17, 15) is 5.11 Å². The number of hydrogen-bond donors (Lipinski definition) is 2. The van der Waals surface area contributed by atoms with Crippen molar-refractivity contribution >= 4 is 5.69 Å². The van der Waals surface area contributed by atoms with Crippen molar-refractivity contribution in [3.8, 4) is 5.75 Å². The van der Waals surface area contributed by atoms with Crippen LogP contribution in [0, 0.1) is 0 Å². The van der Waals surface area contributed by atoms with Crippen molar-refractivity contribution < 1.29 is 5.11 Å². The Balaban J connectivity index is 2.44. The lowest BCUT2D eigenvalue weighted by atomic mass is 9.91. The summed E-state index contributed by atoms with van der Waals surface area (Å²) in [5.41, 5.74) is 3.57. The summed E-state index contributed by atoms with van der Waals surface area (Å²) in [6.45, 7) is 0. The second kappa shape index (κ2) is 3.29. The maximum atomic E-state index is 9.60. The zero-order valence-corrected chi connectivity index (χ0v) is 7.93. The maximum Gasteiger partial charge on any atom is 0.138 e. The Labute approximate surface area is 78.6 Å². The second-order valence-electron chi connectivity index (χ2n) is 3.60. The molecular formula is C11H15NO. The number of aromatic hydroxyl groups is 1. The summed E-state index contributed by atoms with van der Waals surface area (Å²) < 4.78 is 0. The summed E-state index contributed by atoms with van der Waals surface area (Å²) in [6, 6.07) is 3.98. The normalized spacial score (nSPS) is 15.2. The molecule has 70 valence electrons. The monoisotopic (exact) mass is 177 g/mol. The molecule has 13 heavy (non-hydrogen) atoms. The Morgan fingerprint density at radius 1 is 1.15 bits per heavy atom. The fraction of sp³-hybridized carbons (Fsp3) is 0.455. The van der Waals surface area contributed by atoms with Gasteiger partial charge < -0.3 is 10.4 Å². The van der Waals surface area contributed by atoms with Gasteiger partial charge in [-0.2, -0.15) is 0 Å². The van der Waals surface area contributed by atoms with Crippen LogP contribution < -0.4 is 5.32 Å². The number of benzene rings is 1. The van der Waals surface area contributed by atoms with Gasteiger partial charge in [0.1, 0.15) is 5.75 Å². The van der Waals surface area contributed by atoms with E-state index in [4.69, 9.17) is 0 Å². The van der Waals surface area contributed by atoms with Crippen LogP contribution in [0.4, 0.5) is 5.69 Å². The minimum Gasteiger partial charge on any atom is -0.506 e. The van der Waals surface area contributed by atoms with Gasteiger partial charge in [-0.15, -0.1) is 0 Å². The molecule has 2 heteroatoms. The van der Waals surface area contributed by atoms with E-state index in [0.717, 1.165) is 18.5 Å². The van der Waals surface area contributed by atoms with Gasteiger partial charge in [0.25, 0.3) is 0 Å². The molecule has 1 aromatic carbocycles. The maximum absolute atomic E-state index is 9.60. The molecule has 2 rings (SSSR count). The molecule has 2 N–H and O–H groups in total. The molecule has 0 aromatic heterocycles. The van der Waals surface area contributed by atoms with E-state index < -0.39 is 0 Å². The summed E-state index contributed by atoms with van der Waals surface area (Å²) in [6.07, 6.45) is 4.81.